The lowest BCUT2D eigenvalue weighted by atomic mass is 10.0. The van der Waals surface area contributed by atoms with Crippen LogP contribution in [-0.2, 0) is 4.79 Å². The molecule has 0 unspecified atom stereocenters. The lowest BCUT2D eigenvalue weighted by Crippen LogP contribution is -1.97. The van der Waals surface area contributed by atoms with Crippen LogP contribution in [0.25, 0.3) is 0 Å². The SMILES string of the molecule is C=C(CC(C#N)=C(C)C)C(=O)SC. The molecule has 0 bridgehead atoms. The van der Waals surface area contributed by atoms with Crippen molar-refractivity contribution in [2.75, 3.05) is 6.26 Å². The monoisotopic (exact) mass is 195 g/mol. The smallest absolute Gasteiger partial charge is 0.214 e. The highest BCUT2D eigenvalue weighted by Crippen LogP contribution is 2.16. The van der Waals surface area contributed by atoms with E-state index in [9.17, 15) is 4.79 Å². The Morgan fingerprint density at radius 2 is 2.08 bits per heavy atom. The van der Waals surface area contributed by atoms with Crippen molar-refractivity contribution >= 4 is 16.9 Å². The molecule has 0 radical (unpaired) electrons. The van der Waals surface area contributed by atoms with Gasteiger partial charge in [0.15, 0.2) is 0 Å². The zero-order valence-corrected chi connectivity index (χ0v) is 8.99. The minimum atomic E-state index is -0.0472. The van der Waals surface area contributed by atoms with E-state index in [4.69, 9.17) is 5.26 Å². The van der Waals surface area contributed by atoms with Crippen molar-refractivity contribution in [3.05, 3.63) is 23.3 Å². The molecule has 70 valence electrons. The first-order chi connectivity index (χ1) is 6.02. The summed E-state index contributed by atoms with van der Waals surface area (Å²) in [6.07, 6.45) is 2.08. The second-order valence-corrected chi connectivity index (χ2v) is 3.64. The Kier molecular flexibility index (Phi) is 5.17. The maximum Gasteiger partial charge on any atom is 0.214 e. The lowest BCUT2D eigenvalue weighted by molar-refractivity contribution is -0.107. The van der Waals surface area contributed by atoms with Gasteiger partial charge in [0.2, 0.25) is 5.12 Å². The van der Waals surface area contributed by atoms with Crippen LogP contribution in [0.5, 0.6) is 0 Å². The quantitative estimate of drug-likeness (QED) is 0.513. The number of rotatable bonds is 3. The zero-order valence-electron chi connectivity index (χ0n) is 8.18. The van der Waals surface area contributed by atoms with Gasteiger partial charge in [-0.15, -0.1) is 0 Å². The highest BCUT2D eigenvalue weighted by atomic mass is 32.2. The Hall–Kier alpha value is -1.01. The van der Waals surface area contributed by atoms with Crippen LogP contribution in [0.2, 0.25) is 0 Å². The highest BCUT2D eigenvalue weighted by molar-refractivity contribution is 8.13. The molecular weight excluding hydrogens is 182 g/mol. The third kappa shape index (κ3) is 3.95. The van der Waals surface area contributed by atoms with Crippen LogP contribution >= 0.6 is 11.8 Å². The molecule has 0 aliphatic carbocycles. The standard InChI is InChI=1S/C10H13NOS/c1-7(2)9(6-11)5-8(3)10(12)13-4/h3,5H2,1-2,4H3. The first-order valence-corrected chi connectivity index (χ1v) is 5.08. The minimum absolute atomic E-state index is 0.0472. The number of hydrogen-bond acceptors (Lipinski definition) is 3. The van der Waals surface area contributed by atoms with Crippen LogP contribution in [-0.4, -0.2) is 11.4 Å². The molecule has 0 saturated heterocycles. The Bertz CT molecular complexity index is 293. The summed E-state index contributed by atoms with van der Waals surface area (Å²) < 4.78 is 0. The zero-order chi connectivity index (χ0) is 10.4. The fourth-order valence-electron chi connectivity index (χ4n) is 0.758. The number of thioether (sulfide) groups is 1. The molecule has 0 aliphatic rings. The maximum absolute atomic E-state index is 11.1. The molecule has 0 aliphatic heterocycles. The third-order valence-corrected chi connectivity index (χ3v) is 2.26. The molecule has 0 aromatic carbocycles. The molecule has 3 heteroatoms. The molecular formula is C10H13NOS. The molecule has 0 spiro atoms. The van der Waals surface area contributed by atoms with E-state index in [0.717, 1.165) is 17.3 Å². The number of allylic oxidation sites excluding steroid dienone is 2. The molecule has 0 aromatic rings. The molecule has 2 nitrogen and oxygen atoms in total. The molecule has 0 amide bonds. The Morgan fingerprint density at radius 3 is 2.38 bits per heavy atom. The lowest BCUT2D eigenvalue weighted by Gasteiger charge is -2.02. The van der Waals surface area contributed by atoms with E-state index in [-0.39, 0.29) is 5.12 Å². The normalized spacial score (nSPS) is 8.77. The van der Waals surface area contributed by atoms with E-state index in [1.165, 1.54) is 0 Å². The highest BCUT2D eigenvalue weighted by Gasteiger charge is 2.08. The summed E-state index contributed by atoms with van der Waals surface area (Å²) in [6, 6.07) is 2.07. The van der Waals surface area contributed by atoms with Gasteiger partial charge in [0.05, 0.1) is 6.07 Å². The van der Waals surface area contributed by atoms with Gasteiger partial charge in [0.25, 0.3) is 0 Å². The van der Waals surface area contributed by atoms with Gasteiger partial charge < -0.3 is 0 Å². The minimum Gasteiger partial charge on any atom is -0.282 e. The Balaban J connectivity index is 4.48. The number of carbonyl (C=O) groups is 1. The molecule has 13 heavy (non-hydrogen) atoms. The molecule has 0 heterocycles. The molecule has 0 rings (SSSR count). The van der Waals surface area contributed by atoms with E-state index >= 15 is 0 Å². The van der Waals surface area contributed by atoms with Crippen LogP contribution in [0.15, 0.2) is 23.3 Å². The van der Waals surface area contributed by atoms with E-state index in [1.54, 1.807) is 6.26 Å². The van der Waals surface area contributed by atoms with Crippen molar-refractivity contribution in [1.29, 1.82) is 5.26 Å². The molecule has 0 atom stereocenters. The van der Waals surface area contributed by atoms with Gasteiger partial charge in [-0.25, -0.2) is 0 Å². The largest absolute Gasteiger partial charge is 0.282 e. The van der Waals surface area contributed by atoms with Gasteiger partial charge in [-0.2, -0.15) is 5.26 Å². The molecule has 0 aromatic heterocycles. The summed E-state index contributed by atoms with van der Waals surface area (Å²) in [4.78, 5) is 11.1. The number of carbonyl (C=O) groups excluding carboxylic acids is 1. The van der Waals surface area contributed by atoms with Crippen molar-refractivity contribution in [2.45, 2.75) is 20.3 Å². The van der Waals surface area contributed by atoms with Crippen molar-refractivity contribution in [3.8, 4) is 6.07 Å². The third-order valence-electron chi connectivity index (χ3n) is 1.60. The summed E-state index contributed by atoms with van der Waals surface area (Å²) in [6.45, 7) is 7.35. The average molecular weight is 195 g/mol. The number of hydrogen-bond donors (Lipinski definition) is 0. The Morgan fingerprint density at radius 1 is 1.54 bits per heavy atom. The summed E-state index contributed by atoms with van der Waals surface area (Å²) in [5, 5.41) is 8.69. The van der Waals surface area contributed by atoms with Gasteiger partial charge in [0.1, 0.15) is 0 Å². The van der Waals surface area contributed by atoms with Gasteiger partial charge in [0, 0.05) is 17.6 Å². The topological polar surface area (TPSA) is 40.9 Å². The van der Waals surface area contributed by atoms with E-state index in [0.29, 0.717) is 17.6 Å². The number of nitrogens with zero attached hydrogens (tertiary/aromatic N) is 1. The second kappa shape index (κ2) is 5.60. The summed E-state index contributed by atoms with van der Waals surface area (Å²) in [5.74, 6) is 0. The fourth-order valence-corrected chi connectivity index (χ4v) is 1.12. The maximum atomic E-state index is 11.1. The predicted octanol–water partition coefficient (Wildman–Crippen LogP) is 2.68. The first-order valence-electron chi connectivity index (χ1n) is 3.85. The number of nitriles is 1. The van der Waals surface area contributed by atoms with Crippen LogP contribution in [0.1, 0.15) is 20.3 Å². The average Bonchev–Trinajstić information content (AvgIpc) is 2.11. The summed E-state index contributed by atoms with van der Waals surface area (Å²) in [7, 11) is 0. The second-order valence-electron chi connectivity index (χ2n) is 2.86. The Labute approximate surface area is 83.3 Å². The van der Waals surface area contributed by atoms with Gasteiger partial charge >= 0.3 is 0 Å². The first kappa shape index (κ1) is 12.0. The van der Waals surface area contributed by atoms with Gasteiger partial charge in [-0.1, -0.05) is 23.9 Å². The summed E-state index contributed by atoms with van der Waals surface area (Å²) in [5.41, 5.74) is 2.07. The van der Waals surface area contributed by atoms with E-state index < -0.39 is 0 Å². The van der Waals surface area contributed by atoms with Gasteiger partial charge in [-0.3, -0.25) is 4.79 Å². The van der Waals surface area contributed by atoms with Crippen LogP contribution in [0, 0.1) is 11.3 Å². The van der Waals surface area contributed by atoms with Crippen LogP contribution in [0.4, 0.5) is 0 Å². The predicted molar refractivity (Wildman–Crippen MR) is 56.3 cm³/mol. The van der Waals surface area contributed by atoms with E-state index in [1.807, 2.05) is 13.8 Å². The van der Waals surface area contributed by atoms with Crippen LogP contribution in [0.3, 0.4) is 0 Å². The molecule has 0 saturated carbocycles. The van der Waals surface area contributed by atoms with Crippen molar-refractivity contribution in [3.63, 3.8) is 0 Å². The van der Waals surface area contributed by atoms with Crippen molar-refractivity contribution < 1.29 is 4.79 Å². The van der Waals surface area contributed by atoms with Crippen molar-refractivity contribution in [2.24, 2.45) is 0 Å². The van der Waals surface area contributed by atoms with E-state index in [2.05, 4.69) is 12.6 Å². The summed E-state index contributed by atoms with van der Waals surface area (Å²) >= 11 is 1.13. The van der Waals surface area contributed by atoms with Gasteiger partial charge in [-0.05, 0) is 20.1 Å². The fraction of sp³-hybridized carbons (Fsp3) is 0.400. The van der Waals surface area contributed by atoms with Crippen LogP contribution < -0.4 is 0 Å². The molecule has 0 N–H and O–H groups in total. The van der Waals surface area contributed by atoms with Crippen molar-refractivity contribution in [1.82, 2.24) is 0 Å². The molecule has 0 fully saturated rings.